The van der Waals surface area contributed by atoms with E-state index in [0.717, 1.165) is 122 Å². The van der Waals surface area contributed by atoms with Gasteiger partial charge < -0.3 is 33.3 Å². The van der Waals surface area contributed by atoms with Gasteiger partial charge in [0.1, 0.15) is 6.10 Å². The lowest BCUT2D eigenvalue weighted by Gasteiger charge is -2.19. The van der Waals surface area contributed by atoms with Gasteiger partial charge in [-0.15, -0.1) is 0 Å². The largest absolute Gasteiger partial charge is 0.508 e. The van der Waals surface area contributed by atoms with Crippen LogP contribution >= 0.6 is 0 Å². The standard InChI is InChI=1S/C55H99NO9/c1-6-11-14-17-20-21-22-23-24-25-26-27-28-29-32-42-52(57)60-46-37-33-40-51(65-55(59)64-50-39-45-56(9-4)10-5)41-34-38-47-61-53(58)43-44-54(62-48-35-30-18-15-12-7-2)63-49-36-31-19-16-13-8-3/h12-13,15-16,20-21,23-24,51,54H,6-11,14,17-19,22,25-50H2,1-5H3/b15-12-,16-13-,21-20-,24-23-. The van der Waals surface area contributed by atoms with Crippen molar-refractivity contribution in [3.63, 3.8) is 0 Å². The van der Waals surface area contributed by atoms with Gasteiger partial charge in [0.15, 0.2) is 6.29 Å². The molecule has 10 heteroatoms. The summed E-state index contributed by atoms with van der Waals surface area (Å²) < 4.78 is 34.4. The highest BCUT2D eigenvalue weighted by atomic mass is 16.7. The molecule has 0 bridgehead atoms. The molecule has 1 atom stereocenters. The molecular formula is C55H99NO9. The van der Waals surface area contributed by atoms with Crippen LogP contribution in [0.2, 0.25) is 0 Å². The topological polar surface area (TPSA) is 110 Å². The van der Waals surface area contributed by atoms with Gasteiger partial charge in [-0.3, -0.25) is 9.59 Å². The normalized spacial score (nSPS) is 12.5. The number of hydrogen-bond donors (Lipinski definition) is 0. The molecule has 0 spiro atoms. The van der Waals surface area contributed by atoms with Crippen LogP contribution in [0.1, 0.15) is 221 Å². The second kappa shape index (κ2) is 50.5. The van der Waals surface area contributed by atoms with Crippen LogP contribution in [0.15, 0.2) is 48.6 Å². The number of carbonyl (C=O) groups is 3. The summed E-state index contributed by atoms with van der Waals surface area (Å²) in [6.07, 6.45) is 43.4. The average Bonchev–Trinajstić information content (AvgIpc) is 3.30. The van der Waals surface area contributed by atoms with E-state index in [1.54, 1.807) is 0 Å². The molecule has 0 fully saturated rings. The minimum Gasteiger partial charge on any atom is -0.466 e. The van der Waals surface area contributed by atoms with Crippen LogP contribution in [0.4, 0.5) is 4.79 Å². The van der Waals surface area contributed by atoms with Gasteiger partial charge in [0.25, 0.3) is 0 Å². The summed E-state index contributed by atoms with van der Waals surface area (Å²) in [5.74, 6) is -0.401. The lowest BCUT2D eigenvalue weighted by Crippen LogP contribution is -2.25. The van der Waals surface area contributed by atoms with E-state index in [1.807, 2.05) is 0 Å². The van der Waals surface area contributed by atoms with Crippen molar-refractivity contribution in [2.45, 2.75) is 233 Å². The maximum atomic E-state index is 12.7. The molecule has 0 heterocycles. The summed E-state index contributed by atoms with van der Waals surface area (Å²) in [6, 6.07) is 0. The van der Waals surface area contributed by atoms with E-state index < -0.39 is 12.4 Å². The van der Waals surface area contributed by atoms with Gasteiger partial charge in [-0.2, -0.15) is 0 Å². The van der Waals surface area contributed by atoms with Crippen molar-refractivity contribution in [3.05, 3.63) is 48.6 Å². The number of ether oxygens (including phenoxy) is 6. The highest BCUT2D eigenvalue weighted by Gasteiger charge is 2.17. The lowest BCUT2D eigenvalue weighted by molar-refractivity contribution is -0.159. The maximum absolute atomic E-state index is 12.7. The number of allylic oxidation sites excluding steroid dienone is 8. The Kier molecular flexibility index (Phi) is 48.2. The zero-order chi connectivity index (χ0) is 47.5. The number of hydrogen-bond acceptors (Lipinski definition) is 10. The summed E-state index contributed by atoms with van der Waals surface area (Å²) in [7, 11) is 0. The summed E-state index contributed by atoms with van der Waals surface area (Å²) in [5, 5.41) is 0. The fourth-order valence-electron chi connectivity index (χ4n) is 7.14. The third-order valence-electron chi connectivity index (χ3n) is 11.2. The Morgan fingerprint density at radius 3 is 1.48 bits per heavy atom. The molecule has 10 nitrogen and oxygen atoms in total. The number of esters is 2. The zero-order valence-electron chi connectivity index (χ0n) is 42.6. The zero-order valence-corrected chi connectivity index (χ0v) is 42.6. The maximum Gasteiger partial charge on any atom is 0.508 e. The van der Waals surface area contributed by atoms with Crippen molar-refractivity contribution in [2.75, 3.05) is 52.7 Å². The van der Waals surface area contributed by atoms with Gasteiger partial charge >= 0.3 is 18.1 Å². The van der Waals surface area contributed by atoms with Crippen molar-refractivity contribution in [1.29, 1.82) is 0 Å². The SMILES string of the molecule is CC/C=C\CCCCOC(CCC(=O)OCCCCC(CCCCOC(=O)CCCCCCC/C=C\C/C=C\CCCCC)OC(=O)OCCCN(CC)CC)OCCCC/C=C\CC. The van der Waals surface area contributed by atoms with Gasteiger partial charge in [0.2, 0.25) is 0 Å². The molecule has 0 aliphatic carbocycles. The predicted molar refractivity (Wildman–Crippen MR) is 269 cm³/mol. The van der Waals surface area contributed by atoms with Crippen LogP contribution < -0.4 is 0 Å². The first-order valence-corrected chi connectivity index (χ1v) is 26.6. The summed E-state index contributed by atoms with van der Waals surface area (Å²) >= 11 is 0. The lowest BCUT2D eigenvalue weighted by atomic mass is 10.1. The highest BCUT2D eigenvalue weighted by Crippen LogP contribution is 2.16. The minimum absolute atomic E-state index is 0.140. The Morgan fingerprint density at radius 2 is 0.923 bits per heavy atom. The van der Waals surface area contributed by atoms with Crippen molar-refractivity contribution < 1.29 is 42.8 Å². The van der Waals surface area contributed by atoms with Gasteiger partial charge in [0.05, 0.1) is 26.2 Å². The number of rotatable bonds is 48. The van der Waals surface area contributed by atoms with Crippen molar-refractivity contribution in [3.8, 4) is 0 Å². The van der Waals surface area contributed by atoms with Crippen molar-refractivity contribution in [2.24, 2.45) is 0 Å². The van der Waals surface area contributed by atoms with E-state index in [4.69, 9.17) is 28.4 Å². The molecule has 0 amide bonds. The van der Waals surface area contributed by atoms with E-state index in [0.29, 0.717) is 71.6 Å². The van der Waals surface area contributed by atoms with Gasteiger partial charge in [-0.1, -0.05) is 115 Å². The Morgan fingerprint density at radius 1 is 0.446 bits per heavy atom. The molecule has 0 rings (SSSR count). The molecule has 0 aliphatic heterocycles. The van der Waals surface area contributed by atoms with Crippen molar-refractivity contribution >= 4 is 18.1 Å². The van der Waals surface area contributed by atoms with Crippen LogP contribution in [0.25, 0.3) is 0 Å². The monoisotopic (exact) mass is 918 g/mol. The van der Waals surface area contributed by atoms with E-state index in [1.165, 1.54) is 38.5 Å². The quantitative estimate of drug-likeness (QED) is 0.0192. The van der Waals surface area contributed by atoms with E-state index in [9.17, 15) is 14.4 Å². The first-order valence-electron chi connectivity index (χ1n) is 26.6. The van der Waals surface area contributed by atoms with Gasteiger partial charge in [-0.25, -0.2) is 4.79 Å². The molecule has 0 aromatic carbocycles. The molecule has 0 N–H and O–H groups in total. The van der Waals surface area contributed by atoms with Crippen LogP contribution in [0, 0.1) is 0 Å². The molecule has 0 aliphatic rings. The highest BCUT2D eigenvalue weighted by molar-refractivity contribution is 5.69. The molecule has 0 aromatic heterocycles. The average molecular weight is 918 g/mol. The molecule has 65 heavy (non-hydrogen) atoms. The molecule has 0 aromatic rings. The van der Waals surface area contributed by atoms with Crippen LogP contribution in [0.5, 0.6) is 0 Å². The molecule has 0 saturated carbocycles. The number of unbranched alkanes of at least 4 members (excludes halogenated alkanes) is 14. The van der Waals surface area contributed by atoms with Crippen LogP contribution in [0.3, 0.4) is 0 Å². The number of carbonyl (C=O) groups excluding carboxylic acids is 3. The van der Waals surface area contributed by atoms with Gasteiger partial charge in [0, 0.05) is 32.6 Å². The molecular weight excluding hydrogens is 819 g/mol. The molecule has 378 valence electrons. The first-order chi connectivity index (χ1) is 31.9. The first kappa shape index (κ1) is 62.1. The Hall–Kier alpha value is -2.95. The fourth-order valence-corrected chi connectivity index (χ4v) is 7.14. The van der Waals surface area contributed by atoms with Crippen LogP contribution in [-0.4, -0.2) is 88.1 Å². The fraction of sp³-hybridized carbons (Fsp3) is 0.800. The second-order valence-corrected chi connectivity index (χ2v) is 17.1. The second-order valence-electron chi connectivity index (χ2n) is 17.1. The summed E-state index contributed by atoms with van der Waals surface area (Å²) in [6.45, 7) is 15.7. The third-order valence-corrected chi connectivity index (χ3v) is 11.2. The molecule has 0 saturated heterocycles. The summed E-state index contributed by atoms with van der Waals surface area (Å²) in [4.78, 5) is 40.0. The Balaban J connectivity index is 4.61. The van der Waals surface area contributed by atoms with Crippen LogP contribution in [-0.2, 0) is 38.0 Å². The minimum atomic E-state index is -0.648. The number of nitrogens with zero attached hydrogens (tertiary/aromatic N) is 1. The van der Waals surface area contributed by atoms with Gasteiger partial charge in [-0.05, 0) is 148 Å². The van der Waals surface area contributed by atoms with E-state index in [2.05, 4.69) is 88.1 Å². The van der Waals surface area contributed by atoms with E-state index >= 15 is 0 Å². The Bertz CT molecular complexity index is 1160. The van der Waals surface area contributed by atoms with Crippen molar-refractivity contribution in [1.82, 2.24) is 4.90 Å². The molecule has 0 radical (unpaired) electrons. The molecule has 1 unspecified atom stereocenters. The smallest absolute Gasteiger partial charge is 0.466 e. The van der Waals surface area contributed by atoms with E-state index in [-0.39, 0.29) is 24.5 Å². The predicted octanol–water partition coefficient (Wildman–Crippen LogP) is 14.9. The summed E-state index contributed by atoms with van der Waals surface area (Å²) in [5.41, 5.74) is 0. The Labute approximate surface area is 399 Å². The third kappa shape index (κ3) is 46.0.